The maximum Gasteiger partial charge on any atom is 0.158 e. The van der Waals surface area contributed by atoms with Gasteiger partial charge < -0.3 is 14.2 Å². The summed E-state index contributed by atoms with van der Waals surface area (Å²) in [5.41, 5.74) is 3.00. The third-order valence-corrected chi connectivity index (χ3v) is 6.77. The summed E-state index contributed by atoms with van der Waals surface area (Å²) in [5, 5.41) is 0. The van der Waals surface area contributed by atoms with Crippen molar-refractivity contribution in [1.82, 2.24) is 9.88 Å². The molecule has 3 aliphatic heterocycles. The zero-order valence-electron chi connectivity index (χ0n) is 19.5. The van der Waals surface area contributed by atoms with Gasteiger partial charge in [0.25, 0.3) is 0 Å². The van der Waals surface area contributed by atoms with Crippen LogP contribution in [-0.4, -0.2) is 61.3 Å². The molecular weight excluding hydrogens is 416 g/mol. The minimum absolute atomic E-state index is 0.0162. The molecule has 1 saturated heterocycles. The van der Waals surface area contributed by atoms with Crippen LogP contribution in [0.3, 0.4) is 0 Å². The lowest BCUT2D eigenvalue weighted by Gasteiger charge is -2.32. The number of rotatable bonds is 7. The first-order valence-electron chi connectivity index (χ1n) is 11.9. The normalized spacial score (nSPS) is 24.8. The van der Waals surface area contributed by atoms with Gasteiger partial charge in [-0.05, 0) is 45.0 Å². The smallest absolute Gasteiger partial charge is 0.158 e. The number of ether oxygens (including phenoxy) is 3. The van der Waals surface area contributed by atoms with Gasteiger partial charge in [0.15, 0.2) is 11.6 Å². The first kappa shape index (κ1) is 21.9. The third-order valence-electron chi connectivity index (χ3n) is 6.77. The van der Waals surface area contributed by atoms with Crippen molar-refractivity contribution in [3.05, 3.63) is 59.0 Å². The molecule has 0 saturated carbocycles. The number of hydrogen-bond acceptors (Lipinski definition) is 7. The molecule has 4 heterocycles. The molecule has 0 N–H and O–H groups in total. The molecule has 1 aromatic rings. The van der Waals surface area contributed by atoms with Crippen LogP contribution >= 0.6 is 0 Å². The maximum atomic E-state index is 6.50. The molecule has 0 radical (unpaired) electrons. The van der Waals surface area contributed by atoms with E-state index < -0.39 is 0 Å². The predicted octanol–water partition coefficient (Wildman–Crippen LogP) is 4.35. The van der Waals surface area contributed by atoms with Gasteiger partial charge in [0, 0.05) is 43.4 Å². The van der Waals surface area contributed by atoms with E-state index in [1.807, 2.05) is 31.4 Å². The van der Waals surface area contributed by atoms with Crippen LogP contribution in [0.5, 0.6) is 0 Å². The largest absolute Gasteiger partial charge is 0.497 e. The lowest BCUT2D eigenvalue weighted by Crippen LogP contribution is -2.33. The van der Waals surface area contributed by atoms with E-state index >= 15 is 0 Å². The number of pyridine rings is 1. The lowest BCUT2D eigenvalue weighted by molar-refractivity contribution is 0.119. The minimum Gasteiger partial charge on any atom is -0.497 e. The fourth-order valence-electron chi connectivity index (χ4n) is 4.86. The molecular formula is C26H32N4O3. The first-order valence-corrected chi connectivity index (χ1v) is 11.9. The zero-order chi connectivity index (χ0) is 22.6. The Kier molecular flexibility index (Phi) is 6.58. The average Bonchev–Trinajstić information content (AvgIpc) is 2.85. The van der Waals surface area contributed by atoms with Crippen molar-refractivity contribution < 1.29 is 14.2 Å². The Hall–Kier alpha value is -2.93. The van der Waals surface area contributed by atoms with E-state index in [1.54, 1.807) is 13.3 Å². The van der Waals surface area contributed by atoms with Crippen LogP contribution in [0.25, 0.3) is 0 Å². The predicted molar refractivity (Wildman–Crippen MR) is 129 cm³/mol. The lowest BCUT2D eigenvalue weighted by atomic mass is 9.90. The quantitative estimate of drug-likeness (QED) is 0.620. The monoisotopic (exact) mass is 448 g/mol. The molecule has 4 aliphatic rings. The summed E-state index contributed by atoms with van der Waals surface area (Å²) in [5.74, 6) is 3.34. The van der Waals surface area contributed by atoms with Crippen LogP contribution in [-0.2, 0) is 20.6 Å². The molecule has 1 fully saturated rings. The Morgan fingerprint density at radius 1 is 1.15 bits per heavy atom. The maximum absolute atomic E-state index is 6.50. The van der Waals surface area contributed by atoms with E-state index in [1.165, 1.54) is 32.4 Å². The van der Waals surface area contributed by atoms with E-state index in [-0.39, 0.29) is 12.0 Å². The Morgan fingerprint density at radius 3 is 2.88 bits per heavy atom. The van der Waals surface area contributed by atoms with E-state index in [4.69, 9.17) is 14.2 Å². The molecule has 0 aromatic carbocycles. The number of methoxy groups -OCH3 is 1. The standard InChI is InChI=1S/C26H32N4O3/c1-18-23(15-19-7-6-9-28-26(19)29-18)33-22-8-10-27-21-17-25(24(31-2)16-20(21)22)32-14-13-30-11-4-3-5-12-30/h6-10,17,20,23H,3-5,11-16H2,1-2H3. The van der Waals surface area contributed by atoms with Gasteiger partial charge in [-0.1, -0.05) is 12.5 Å². The van der Waals surface area contributed by atoms with Crippen molar-refractivity contribution in [2.45, 2.75) is 45.1 Å². The molecule has 1 aromatic heterocycles. The minimum atomic E-state index is -0.113. The van der Waals surface area contributed by atoms with Gasteiger partial charge >= 0.3 is 0 Å². The van der Waals surface area contributed by atoms with Crippen LogP contribution in [0.1, 0.15) is 38.2 Å². The molecule has 1 aliphatic carbocycles. The third kappa shape index (κ3) is 4.88. The van der Waals surface area contributed by atoms with Gasteiger partial charge in [-0.2, -0.15) is 0 Å². The number of fused-ring (bicyclic) bond motifs is 2. The van der Waals surface area contributed by atoms with Gasteiger partial charge in [-0.25, -0.2) is 9.98 Å². The average molecular weight is 449 g/mol. The number of piperidine rings is 1. The molecule has 0 bridgehead atoms. The fourth-order valence-corrected chi connectivity index (χ4v) is 4.86. The summed E-state index contributed by atoms with van der Waals surface area (Å²) in [6.45, 7) is 5.95. The number of dihydropyridines is 1. The van der Waals surface area contributed by atoms with Crippen molar-refractivity contribution in [2.24, 2.45) is 15.9 Å². The fraction of sp³-hybridized carbons (Fsp3) is 0.500. The van der Waals surface area contributed by atoms with Crippen molar-refractivity contribution >= 4 is 17.7 Å². The van der Waals surface area contributed by atoms with Gasteiger partial charge in [0.05, 0.1) is 24.4 Å². The summed E-state index contributed by atoms with van der Waals surface area (Å²) in [4.78, 5) is 16.1. The Labute approximate surface area is 195 Å². The molecule has 33 heavy (non-hydrogen) atoms. The summed E-state index contributed by atoms with van der Waals surface area (Å²) in [6.07, 6.45) is 12.8. The van der Waals surface area contributed by atoms with Gasteiger partial charge in [0.1, 0.15) is 24.2 Å². The van der Waals surface area contributed by atoms with Crippen molar-refractivity contribution in [2.75, 3.05) is 33.4 Å². The Bertz CT molecular complexity index is 1030. The first-order chi connectivity index (χ1) is 16.2. The van der Waals surface area contributed by atoms with Crippen LogP contribution < -0.4 is 0 Å². The molecule has 0 spiro atoms. The van der Waals surface area contributed by atoms with Crippen molar-refractivity contribution in [1.29, 1.82) is 0 Å². The topological polar surface area (TPSA) is 68.5 Å². The van der Waals surface area contributed by atoms with Crippen LogP contribution in [0.2, 0.25) is 0 Å². The van der Waals surface area contributed by atoms with E-state index in [9.17, 15) is 0 Å². The van der Waals surface area contributed by atoms with Gasteiger partial charge in [-0.15, -0.1) is 0 Å². The Balaban J connectivity index is 1.25. The number of likely N-dealkylation sites (tertiary alicyclic amines) is 1. The Morgan fingerprint density at radius 2 is 2.03 bits per heavy atom. The molecule has 0 amide bonds. The highest BCUT2D eigenvalue weighted by atomic mass is 16.5. The number of hydrogen-bond donors (Lipinski definition) is 0. The van der Waals surface area contributed by atoms with Gasteiger partial charge in [0.2, 0.25) is 0 Å². The van der Waals surface area contributed by atoms with Crippen LogP contribution in [0.15, 0.2) is 63.4 Å². The second-order valence-electron chi connectivity index (χ2n) is 8.97. The number of aliphatic imine (C=N–C) groups is 2. The van der Waals surface area contributed by atoms with Crippen LogP contribution in [0, 0.1) is 5.92 Å². The zero-order valence-corrected chi connectivity index (χ0v) is 19.5. The summed E-state index contributed by atoms with van der Waals surface area (Å²) < 4.78 is 18.4. The molecule has 7 nitrogen and oxygen atoms in total. The molecule has 7 heteroatoms. The summed E-state index contributed by atoms with van der Waals surface area (Å²) in [7, 11) is 1.71. The van der Waals surface area contributed by atoms with Crippen molar-refractivity contribution in [3.63, 3.8) is 0 Å². The SMILES string of the molecule is COC1=C(OCCN2CCCCC2)C=C2N=CC=C(OC3Cc4cccnc4N=C3C)C2C1. The highest BCUT2D eigenvalue weighted by molar-refractivity contribution is 5.90. The molecule has 2 unspecified atom stereocenters. The highest BCUT2D eigenvalue weighted by Crippen LogP contribution is 2.39. The second kappa shape index (κ2) is 9.91. The second-order valence-corrected chi connectivity index (χ2v) is 8.97. The van der Waals surface area contributed by atoms with Crippen LogP contribution in [0.4, 0.5) is 5.82 Å². The van der Waals surface area contributed by atoms with E-state index in [0.29, 0.717) is 13.0 Å². The molecule has 5 rings (SSSR count). The number of aromatic nitrogens is 1. The highest BCUT2D eigenvalue weighted by Gasteiger charge is 2.33. The molecule has 174 valence electrons. The summed E-state index contributed by atoms with van der Waals surface area (Å²) >= 11 is 0. The molecule has 2 atom stereocenters. The van der Waals surface area contributed by atoms with Gasteiger partial charge in [-0.3, -0.25) is 9.89 Å². The van der Waals surface area contributed by atoms with E-state index in [0.717, 1.165) is 53.0 Å². The number of allylic oxidation sites excluding steroid dienone is 3. The van der Waals surface area contributed by atoms with E-state index in [2.05, 4.69) is 25.9 Å². The summed E-state index contributed by atoms with van der Waals surface area (Å²) in [6, 6.07) is 4.01. The van der Waals surface area contributed by atoms with Crippen molar-refractivity contribution in [3.8, 4) is 0 Å². The number of nitrogens with zero attached hydrogens (tertiary/aromatic N) is 4.